The lowest BCUT2D eigenvalue weighted by Gasteiger charge is -2.07. The van der Waals surface area contributed by atoms with Crippen molar-refractivity contribution in [3.63, 3.8) is 0 Å². The summed E-state index contributed by atoms with van der Waals surface area (Å²) in [6.07, 6.45) is 0. The van der Waals surface area contributed by atoms with Crippen LogP contribution in [0.4, 0.5) is 0 Å². The Bertz CT molecular complexity index is 629. The molecule has 21 heavy (non-hydrogen) atoms. The van der Waals surface area contributed by atoms with Gasteiger partial charge in [-0.05, 0) is 37.3 Å². The number of halogens is 2. The Labute approximate surface area is 138 Å². The molecular weight excluding hydrogens is 325 g/mol. The average molecular weight is 340 g/mol. The maximum atomic E-state index is 12.0. The lowest BCUT2D eigenvalue weighted by molar-refractivity contribution is 0.0956. The van der Waals surface area contributed by atoms with E-state index in [9.17, 15) is 4.79 Å². The topological polar surface area (TPSA) is 29.1 Å². The van der Waals surface area contributed by atoms with Gasteiger partial charge in [0.15, 0.2) is 0 Å². The van der Waals surface area contributed by atoms with Crippen molar-refractivity contribution in [1.82, 2.24) is 5.32 Å². The third-order valence-corrected chi connectivity index (χ3v) is 4.41. The van der Waals surface area contributed by atoms with Crippen molar-refractivity contribution in [2.45, 2.75) is 11.8 Å². The molecule has 1 amide bonds. The monoisotopic (exact) mass is 339 g/mol. The van der Waals surface area contributed by atoms with Gasteiger partial charge >= 0.3 is 0 Å². The molecule has 0 aliphatic rings. The van der Waals surface area contributed by atoms with Crippen molar-refractivity contribution < 1.29 is 4.79 Å². The van der Waals surface area contributed by atoms with Gasteiger partial charge in [-0.2, -0.15) is 0 Å². The van der Waals surface area contributed by atoms with Gasteiger partial charge in [0.1, 0.15) is 0 Å². The zero-order valence-corrected chi connectivity index (χ0v) is 13.9. The van der Waals surface area contributed by atoms with Crippen LogP contribution in [-0.2, 0) is 0 Å². The van der Waals surface area contributed by atoms with Gasteiger partial charge in [-0.25, -0.2) is 0 Å². The van der Waals surface area contributed by atoms with Gasteiger partial charge < -0.3 is 5.32 Å². The number of aryl methyl sites for hydroxylation is 1. The van der Waals surface area contributed by atoms with Gasteiger partial charge in [0.25, 0.3) is 5.91 Å². The first-order valence-electron chi connectivity index (χ1n) is 6.49. The number of hydrogen-bond donors (Lipinski definition) is 1. The van der Waals surface area contributed by atoms with Gasteiger partial charge in [0.05, 0.1) is 10.6 Å². The van der Waals surface area contributed by atoms with Crippen LogP contribution < -0.4 is 5.32 Å². The fourth-order valence-corrected chi connectivity index (χ4v) is 3.00. The Kier molecular flexibility index (Phi) is 5.97. The predicted molar refractivity (Wildman–Crippen MR) is 90.7 cm³/mol. The van der Waals surface area contributed by atoms with Crippen molar-refractivity contribution >= 4 is 40.9 Å². The summed E-state index contributed by atoms with van der Waals surface area (Å²) in [4.78, 5) is 13.2. The fourth-order valence-electron chi connectivity index (χ4n) is 1.74. The molecule has 5 heteroatoms. The van der Waals surface area contributed by atoms with E-state index < -0.39 is 0 Å². The number of rotatable bonds is 5. The summed E-state index contributed by atoms with van der Waals surface area (Å²) in [6.45, 7) is 2.64. The van der Waals surface area contributed by atoms with E-state index in [1.165, 1.54) is 10.5 Å². The molecule has 0 unspecified atom stereocenters. The Morgan fingerprint density at radius 2 is 1.86 bits per heavy atom. The Hall–Kier alpha value is -1.16. The number of benzene rings is 2. The largest absolute Gasteiger partial charge is 0.351 e. The summed E-state index contributed by atoms with van der Waals surface area (Å²) < 4.78 is 0. The number of amides is 1. The summed E-state index contributed by atoms with van der Waals surface area (Å²) in [7, 11) is 0. The summed E-state index contributed by atoms with van der Waals surface area (Å²) in [5.74, 6) is 0.626. The molecule has 0 aromatic heterocycles. The lowest BCUT2D eigenvalue weighted by Crippen LogP contribution is -2.25. The molecule has 0 bridgehead atoms. The van der Waals surface area contributed by atoms with Gasteiger partial charge in [-0.1, -0.05) is 40.9 Å². The minimum Gasteiger partial charge on any atom is -0.351 e. The van der Waals surface area contributed by atoms with E-state index in [0.717, 1.165) is 5.75 Å². The van der Waals surface area contributed by atoms with Crippen LogP contribution in [0.3, 0.4) is 0 Å². The summed E-state index contributed by atoms with van der Waals surface area (Å²) >= 11 is 13.5. The molecule has 0 saturated heterocycles. The van der Waals surface area contributed by atoms with Crippen LogP contribution in [-0.4, -0.2) is 18.2 Å². The number of carbonyl (C=O) groups excluding carboxylic acids is 1. The molecule has 0 spiro atoms. The first-order chi connectivity index (χ1) is 10.1. The molecule has 0 fully saturated rings. The van der Waals surface area contributed by atoms with Crippen LogP contribution in [0.2, 0.25) is 10.0 Å². The van der Waals surface area contributed by atoms with E-state index >= 15 is 0 Å². The average Bonchev–Trinajstić information content (AvgIpc) is 2.45. The van der Waals surface area contributed by atoms with Crippen LogP contribution in [0, 0.1) is 6.92 Å². The van der Waals surface area contributed by atoms with Crippen LogP contribution >= 0.6 is 35.0 Å². The summed E-state index contributed by atoms with van der Waals surface area (Å²) in [6, 6.07) is 13.2. The molecule has 0 aliphatic heterocycles. The van der Waals surface area contributed by atoms with Crippen LogP contribution in [0.5, 0.6) is 0 Å². The number of carbonyl (C=O) groups is 1. The third-order valence-electron chi connectivity index (χ3n) is 2.85. The molecule has 0 saturated carbocycles. The highest BCUT2D eigenvalue weighted by Gasteiger charge is 2.09. The van der Waals surface area contributed by atoms with E-state index in [2.05, 4.69) is 36.5 Å². The molecule has 110 valence electrons. The van der Waals surface area contributed by atoms with Crippen LogP contribution in [0.15, 0.2) is 47.4 Å². The molecule has 0 aliphatic carbocycles. The third kappa shape index (κ3) is 4.95. The summed E-state index contributed by atoms with van der Waals surface area (Å²) in [5, 5.41) is 3.74. The van der Waals surface area contributed by atoms with Crippen LogP contribution in [0.25, 0.3) is 0 Å². The lowest BCUT2D eigenvalue weighted by atomic mass is 10.2. The molecule has 2 rings (SSSR count). The highest BCUT2D eigenvalue weighted by Crippen LogP contribution is 2.21. The zero-order chi connectivity index (χ0) is 15.2. The van der Waals surface area contributed by atoms with Crippen molar-refractivity contribution in [3.8, 4) is 0 Å². The standard InChI is InChI=1S/C16H15Cl2NOS/c1-11-2-5-13(6-3-11)21-9-8-19-16(20)14-7-4-12(17)10-15(14)18/h2-7,10H,8-9H2,1H3,(H,19,20). The SMILES string of the molecule is Cc1ccc(SCCNC(=O)c2ccc(Cl)cc2Cl)cc1. The van der Waals surface area contributed by atoms with Gasteiger partial charge in [-0.15, -0.1) is 11.8 Å². The second kappa shape index (κ2) is 7.74. The normalized spacial score (nSPS) is 10.4. The Morgan fingerprint density at radius 3 is 2.52 bits per heavy atom. The van der Waals surface area contributed by atoms with Crippen molar-refractivity contribution in [2.75, 3.05) is 12.3 Å². The second-order valence-electron chi connectivity index (χ2n) is 4.54. The first-order valence-corrected chi connectivity index (χ1v) is 8.23. The maximum absolute atomic E-state index is 12.0. The molecule has 1 N–H and O–H groups in total. The number of nitrogens with one attached hydrogen (secondary N) is 1. The van der Waals surface area contributed by atoms with E-state index in [1.54, 1.807) is 30.0 Å². The second-order valence-corrected chi connectivity index (χ2v) is 6.55. The first kappa shape index (κ1) is 16.2. The minimum absolute atomic E-state index is 0.179. The van der Waals surface area contributed by atoms with Gasteiger partial charge in [-0.3, -0.25) is 4.79 Å². The van der Waals surface area contributed by atoms with E-state index in [4.69, 9.17) is 23.2 Å². The predicted octanol–water partition coefficient (Wildman–Crippen LogP) is 4.82. The Balaban J connectivity index is 1.80. The zero-order valence-electron chi connectivity index (χ0n) is 11.5. The molecule has 0 atom stereocenters. The highest BCUT2D eigenvalue weighted by molar-refractivity contribution is 7.99. The molecule has 2 nitrogen and oxygen atoms in total. The molecule has 2 aromatic rings. The maximum Gasteiger partial charge on any atom is 0.252 e. The number of thioether (sulfide) groups is 1. The Morgan fingerprint density at radius 1 is 1.14 bits per heavy atom. The smallest absolute Gasteiger partial charge is 0.252 e. The molecular formula is C16H15Cl2NOS. The quantitative estimate of drug-likeness (QED) is 0.624. The van der Waals surface area contributed by atoms with E-state index in [1.807, 2.05) is 0 Å². The van der Waals surface area contributed by atoms with Crippen molar-refractivity contribution in [3.05, 3.63) is 63.6 Å². The van der Waals surface area contributed by atoms with E-state index in [0.29, 0.717) is 22.2 Å². The molecule has 0 radical (unpaired) electrons. The van der Waals surface area contributed by atoms with Gasteiger partial charge in [0, 0.05) is 22.2 Å². The molecule has 0 heterocycles. The number of hydrogen-bond acceptors (Lipinski definition) is 2. The van der Waals surface area contributed by atoms with Crippen molar-refractivity contribution in [2.24, 2.45) is 0 Å². The highest BCUT2D eigenvalue weighted by atomic mass is 35.5. The van der Waals surface area contributed by atoms with Crippen LogP contribution in [0.1, 0.15) is 15.9 Å². The molecule has 2 aromatic carbocycles. The summed E-state index contributed by atoms with van der Waals surface area (Å²) in [5.41, 5.74) is 1.69. The van der Waals surface area contributed by atoms with E-state index in [-0.39, 0.29) is 5.91 Å². The minimum atomic E-state index is -0.179. The van der Waals surface area contributed by atoms with Gasteiger partial charge in [0.2, 0.25) is 0 Å². The fraction of sp³-hybridized carbons (Fsp3) is 0.188. The van der Waals surface area contributed by atoms with Crippen molar-refractivity contribution in [1.29, 1.82) is 0 Å².